The fourth-order valence-electron chi connectivity index (χ4n) is 3.87. The molecule has 0 aromatic carbocycles. The predicted octanol–water partition coefficient (Wildman–Crippen LogP) is 4.29. The molecule has 1 saturated heterocycles. The van der Waals surface area contributed by atoms with Crippen LogP contribution in [0.3, 0.4) is 0 Å². The largest absolute Gasteiger partial charge is 0.464 e. The molecule has 3 aliphatic carbocycles. The van der Waals surface area contributed by atoms with Crippen molar-refractivity contribution in [2.75, 3.05) is 0 Å². The first-order valence-corrected chi connectivity index (χ1v) is 8.26. The van der Waals surface area contributed by atoms with Crippen LogP contribution in [0.4, 0.5) is 0 Å². The van der Waals surface area contributed by atoms with Gasteiger partial charge < -0.3 is 9.31 Å². The quantitative estimate of drug-likeness (QED) is 0.704. The Bertz CT molecular complexity index is 375. The van der Waals surface area contributed by atoms with Crippen LogP contribution in [0.15, 0.2) is 0 Å². The molecular formula is C15H27BO2S. The van der Waals surface area contributed by atoms with E-state index in [-0.39, 0.29) is 18.3 Å². The SMILES string of the molecule is CC(C)(C)SC12CC(B3OC(C)(C)C(C)(C)O3)(C1)C2. The Labute approximate surface area is 122 Å². The highest BCUT2D eigenvalue weighted by atomic mass is 32.2. The minimum Gasteiger partial charge on any atom is -0.403 e. The Morgan fingerprint density at radius 2 is 1.32 bits per heavy atom. The predicted molar refractivity (Wildman–Crippen MR) is 82.7 cm³/mol. The molecule has 3 saturated carbocycles. The van der Waals surface area contributed by atoms with Crippen LogP contribution in [0.1, 0.15) is 67.7 Å². The molecule has 19 heavy (non-hydrogen) atoms. The van der Waals surface area contributed by atoms with Crippen LogP contribution < -0.4 is 0 Å². The average Bonchev–Trinajstić information content (AvgIpc) is 2.24. The summed E-state index contributed by atoms with van der Waals surface area (Å²) in [4.78, 5) is 0. The van der Waals surface area contributed by atoms with Gasteiger partial charge in [-0.3, -0.25) is 0 Å². The number of hydrogen-bond acceptors (Lipinski definition) is 3. The normalized spacial score (nSPS) is 42.8. The van der Waals surface area contributed by atoms with Crippen LogP contribution in [0.5, 0.6) is 0 Å². The van der Waals surface area contributed by atoms with Crippen LogP contribution >= 0.6 is 11.8 Å². The zero-order valence-electron chi connectivity index (χ0n) is 13.4. The molecule has 108 valence electrons. The smallest absolute Gasteiger partial charge is 0.403 e. The van der Waals surface area contributed by atoms with Gasteiger partial charge in [0, 0.05) is 14.8 Å². The molecule has 4 rings (SSSR count). The summed E-state index contributed by atoms with van der Waals surface area (Å²) in [6, 6.07) is 0. The molecule has 0 unspecified atom stereocenters. The van der Waals surface area contributed by atoms with Crippen LogP contribution in [0, 0.1) is 0 Å². The Balaban J connectivity index is 1.64. The maximum atomic E-state index is 6.25. The lowest BCUT2D eigenvalue weighted by molar-refractivity contribution is 0.00578. The Hall–Kier alpha value is 0.335. The van der Waals surface area contributed by atoms with Gasteiger partial charge in [0.1, 0.15) is 0 Å². The van der Waals surface area contributed by atoms with Gasteiger partial charge in [0.05, 0.1) is 11.2 Å². The van der Waals surface area contributed by atoms with E-state index in [1.54, 1.807) is 0 Å². The lowest BCUT2D eigenvalue weighted by atomic mass is 9.30. The molecule has 4 aliphatic rings. The maximum Gasteiger partial charge on any atom is 0.464 e. The molecule has 0 aromatic heterocycles. The van der Waals surface area contributed by atoms with Crippen LogP contribution in [-0.4, -0.2) is 27.8 Å². The highest BCUT2D eigenvalue weighted by Gasteiger charge is 2.77. The van der Waals surface area contributed by atoms with Crippen molar-refractivity contribution in [2.24, 2.45) is 0 Å². The van der Waals surface area contributed by atoms with Gasteiger partial charge in [0.15, 0.2) is 0 Å². The highest BCUT2D eigenvalue weighted by molar-refractivity contribution is 8.02. The lowest BCUT2D eigenvalue weighted by Gasteiger charge is -2.71. The van der Waals surface area contributed by atoms with E-state index in [0.29, 0.717) is 14.8 Å². The topological polar surface area (TPSA) is 18.5 Å². The standard InChI is InChI=1S/C15H27BO2S/c1-11(2,3)19-15-8-14(9-15,10-15)16-17-12(4,5)13(6,7)18-16/h8-10H2,1-7H3. The van der Waals surface area contributed by atoms with Gasteiger partial charge in [0.25, 0.3) is 0 Å². The molecule has 0 aromatic rings. The molecule has 1 aliphatic heterocycles. The van der Waals surface area contributed by atoms with Crippen LogP contribution in [-0.2, 0) is 9.31 Å². The van der Waals surface area contributed by atoms with E-state index < -0.39 is 0 Å². The molecule has 0 atom stereocenters. The van der Waals surface area contributed by atoms with Crippen LogP contribution in [0.25, 0.3) is 0 Å². The molecule has 4 heteroatoms. The van der Waals surface area contributed by atoms with E-state index >= 15 is 0 Å². The fraction of sp³-hybridized carbons (Fsp3) is 1.00. The van der Waals surface area contributed by atoms with E-state index in [1.807, 2.05) is 0 Å². The number of hydrogen-bond donors (Lipinski definition) is 0. The van der Waals surface area contributed by atoms with Crippen LogP contribution in [0.2, 0.25) is 5.31 Å². The monoisotopic (exact) mass is 282 g/mol. The molecule has 2 bridgehead atoms. The minimum atomic E-state index is -0.183. The van der Waals surface area contributed by atoms with Gasteiger partial charge in [-0.25, -0.2) is 0 Å². The first kappa shape index (κ1) is 14.3. The molecule has 4 fully saturated rings. The molecule has 0 radical (unpaired) electrons. The summed E-state index contributed by atoms with van der Waals surface area (Å²) < 4.78 is 13.4. The Kier molecular flexibility index (Phi) is 2.68. The van der Waals surface area contributed by atoms with Gasteiger partial charge in [-0.05, 0) is 47.0 Å². The molecule has 0 N–H and O–H groups in total. The average molecular weight is 282 g/mol. The van der Waals surface area contributed by atoms with Gasteiger partial charge in [-0.2, -0.15) is 0 Å². The van der Waals surface area contributed by atoms with E-state index in [9.17, 15) is 0 Å². The molecule has 0 spiro atoms. The number of rotatable bonds is 2. The maximum absolute atomic E-state index is 6.25. The zero-order valence-corrected chi connectivity index (χ0v) is 14.2. The summed E-state index contributed by atoms with van der Waals surface area (Å²) in [6.45, 7) is 15.6. The van der Waals surface area contributed by atoms with Gasteiger partial charge in [0.2, 0.25) is 0 Å². The van der Waals surface area contributed by atoms with Gasteiger partial charge >= 0.3 is 7.12 Å². The summed E-state index contributed by atoms with van der Waals surface area (Å²) in [5.41, 5.74) is -0.366. The van der Waals surface area contributed by atoms with Gasteiger partial charge in [-0.1, -0.05) is 20.8 Å². The van der Waals surface area contributed by atoms with Crippen molar-refractivity contribution >= 4 is 18.9 Å². The van der Waals surface area contributed by atoms with E-state index in [1.165, 1.54) is 19.3 Å². The van der Waals surface area contributed by atoms with E-state index in [2.05, 4.69) is 60.2 Å². The molecule has 1 heterocycles. The van der Waals surface area contributed by atoms with Crippen molar-refractivity contribution in [2.45, 2.75) is 93.7 Å². The van der Waals surface area contributed by atoms with Gasteiger partial charge in [-0.15, -0.1) is 11.8 Å². The van der Waals surface area contributed by atoms with E-state index in [4.69, 9.17) is 9.31 Å². The summed E-state index contributed by atoms with van der Waals surface area (Å²) >= 11 is 2.16. The fourth-order valence-corrected chi connectivity index (χ4v) is 6.25. The van der Waals surface area contributed by atoms with Crippen molar-refractivity contribution in [3.05, 3.63) is 0 Å². The second kappa shape index (κ2) is 3.56. The molecule has 2 nitrogen and oxygen atoms in total. The lowest BCUT2D eigenvalue weighted by Crippen LogP contribution is -2.67. The summed E-state index contributed by atoms with van der Waals surface area (Å²) in [5, 5.41) is 0.323. The Morgan fingerprint density at radius 3 is 1.68 bits per heavy atom. The zero-order chi connectivity index (χ0) is 14.3. The first-order chi connectivity index (χ1) is 8.39. The van der Waals surface area contributed by atoms with Crippen molar-refractivity contribution in [3.8, 4) is 0 Å². The summed E-state index contributed by atoms with van der Waals surface area (Å²) in [5.74, 6) is 0. The molecular weight excluding hydrogens is 255 g/mol. The van der Waals surface area contributed by atoms with Crippen molar-refractivity contribution in [3.63, 3.8) is 0 Å². The molecule has 0 amide bonds. The minimum absolute atomic E-state index is 0.0138. The summed E-state index contributed by atoms with van der Waals surface area (Å²) in [6.07, 6.45) is 3.83. The number of thioether (sulfide) groups is 1. The van der Waals surface area contributed by atoms with Crippen molar-refractivity contribution < 1.29 is 9.31 Å². The third kappa shape index (κ3) is 2.01. The highest BCUT2D eigenvalue weighted by Crippen LogP contribution is 2.81. The third-order valence-electron chi connectivity index (χ3n) is 5.30. The van der Waals surface area contributed by atoms with Crippen molar-refractivity contribution in [1.82, 2.24) is 0 Å². The summed E-state index contributed by atoms with van der Waals surface area (Å²) in [7, 11) is 0.0138. The Morgan fingerprint density at radius 1 is 0.895 bits per heavy atom. The first-order valence-electron chi connectivity index (χ1n) is 7.45. The third-order valence-corrected chi connectivity index (χ3v) is 6.78. The van der Waals surface area contributed by atoms with E-state index in [0.717, 1.165) is 0 Å². The second-order valence-electron chi connectivity index (χ2n) is 8.88. The van der Waals surface area contributed by atoms with Crippen molar-refractivity contribution in [1.29, 1.82) is 0 Å². The second-order valence-corrected chi connectivity index (χ2v) is 11.2.